The van der Waals surface area contributed by atoms with Crippen molar-refractivity contribution in [1.82, 2.24) is 9.03 Å². The quantitative estimate of drug-likeness (QED) is 0.760. The van der Waals surface area contributed by atoms with Gasteiger partial charge in [-0.05, 0) is 30.6 Å². The molecule has 18 heavy (non-hydrogen) atoms. The Hall–Kier alpha value is -0.170. The fourth-order valence-corrected chi connectivity index (χ4v) is 3.28. The van der Waals surface area contributed by atoms with Gasteiger partial charge in [-0.25, -0.2) is 4.72 Å². The van der Waals surface area contributed by atoms with Gasteiger partial charge in [0.1, 0.15) is 0 Å². The number of nitrogens with one attached hydrogen (secondary N) is 1. The van der Waals surface area contributed by atoms with Crippen molar-refractivity contribution in [3.8, 4) is 0 Å². The van der Waals surface area contributed by atoms with Crippen molar-refractivity contribution in [2.24, 2.45) is 11.3 Å². The molecular weight excluding hydrogens is 252 g/mol. The smallest absolute Gasteiger partial charge is 0.279 e. The van der Waals surface area contributed by atoms with E-state index in [-0.39, 0.29) is 17.9 Å². The van der Waals surface area contributed by atoms with Crippen LogP contribution < -0.4 is 4.72 Å². The first-order chi connectivity index (χ1) is 8.30. The molecule has 0 atom stereocenters. The average molecular weight is 278 g/mol. The van der Waals surface area contributed by atoms with E-state index < -0.39 is 10.2 Å². The third-order valence-electron chi connectivity index (χ3n) is 3.86. The van der Waals surface area contributed by atoms with E-state index in [0.29, 0.717) is 19.6 Å². The number of hydrogen-bond acceptors (Lipinski definition) is 3. The first-order valence-electron chi connectivity index (χ1n) is 6.66. The molecule has 0 aromatic heterocycles. The molecule has 1 fully saturated rings. The molecule has 0 aliphatic carbocycles. The highest BCUT2D eigenvalue weighted by atomic mass is 32.2. The minimum Gasteiger partial charge on any atom is -0.396 e. The van der Waals surface area contributed by atoms with Gasteiger partial charge >= 0.3 is 0 Å². The van der Waals surface area contributed by atoms with Crippen LogP contribution in [0.5, 0.6) is 0 Å². The van der Waals surface area contributed by atoms with Crippen LogP contribution in [0.15, 0.2) is 0 Å². The number of piperidine rings is 1. The van der Waals surface area contributed by atoms with Gasteiger partial charge in [0.05, 0.1) is 0 Å². The summed E-state index contributed by atoms with van der Waals surface area (Å²) in [5.74, 6) is 0.253. The van der Waals surface area contributed by atoms with E-state index in [0.717, 1.165) is 19.3 Å². The fourth-order valence-electron chi connectivity index (χ4n) is 1.84. The Kier molecular flexibility index (Phi) is 5.58. The van der Waals surface area contributed by atoms with Crippen molar-refractivity contribution in [3.63, 3.8) is 0 Å². The second kappa shape index (κ2) is 6.32. The summed E-state index contributed by atoms with van der Waals surface area (Å²) in [5, 5.41) is 9.04. The SMILES string of the molecule is CCC(C)(C)CNS(=O)(=O)N1CCC(CO)CC1. The zero-order valence-corrected chi connectivity index (χ0v) is 12.5. The van der Waals surface area contributed by atoms with Crippen LogP contribution in [0.2, 0.25) is 0 Å². The largest absolute Gasteiger partial charge is 0.396 e. The molecule has 0 amide bonds. The molecule has 1 heterocycles. The lowest BCUT2D eigenvalue weighted by molar-refractivity contribution is 0.169. The highest BCUT2D eigenvalue weighted by Crippen LogP contribution is 2.21. The minimum absolute atomic E-state index is 0.0174. The molecule has 0 saturated carbocycles. The molecule has 2 N–H and O–H groups in total. The number of rotatable bonds is 6. The van der Waals surface area contributed by atoms with E-state index in [1.807, 2.05) is 13.8 Å². The summed E-state index contributed by atoms with van der Waals surface area (Å²) in [4.78, 5) is 0. The molecule has 1 rings (SSSR count). The van der Waals surface area contributed by atoms with Gasteiger partial charge in [0.25, 0.3) is 10.2 Å². The van der Waals surface area contributed by atoms with Crippen molar-refractivity contribution in [1.29, 1.82) is 0 Å². The van der Waals surface area contributed by atoms with Crippen molar-refractivity contribution in [3.05, 3.63) is 0 Å². The summed E-state index contributed by atoms with van der Waals surface area (Å²) >= 11 is 0. The number of nitrogens with zero attached hydrogens (tertiary/aromatic N) is 1. The molecule has 0 unspecified atom stereocenters. The van der Waals surface area contributed by atoms with E-state index in [1.165, 1.54) is 4.31 Å². The zero-order chi connectivity index (χ0) is 13.8. The molecule has 0 bridgehead atoms. The average Bonchev–Trinajstić information content (AvgIpc) is 2.37. The Balaban J connectivity index is 2.50. The van der Waals surface area contributed by atoms with Gasteiger partial charge < -0.3 is 5.11 Å². The predicted octanol–water partition coefficient (Wildman–Crippen LogP) is 0.961. The zero-order valence-electron chi connectivity index (χ0n) is 11.6. The van der Waals surface area contributed by atoms with Crippen LogP contribution in [0.1, 0.15) is 40.0 Å². The highest BCUT2D eigenvalue weighted by molar-refractivity contribution is 7.87. The Morgan fingerprint density at radius 1 is 1.33 bits per heavy atom. The molecule has 1 aliphatic rings. The lowest BCUT2D eigenvalue weighted by atomic mass is 9.91. The number of hydrogen-bond donors (Lipinski definition) is 2. The summed E-state index contributed by atoms with van der Waals surface area (Å²) < 4.78 is 28.4. The lowest BCUT2D eigenvalue weighted by Gasteiger charge is -2.31. The fraction of sp³-hybridized carbons (Fsp3) is 1.00. The van der Waals surface area contributed by atoms with Crippen LogP contribution in [0.25, 0.3) is 0 Å². The van der Waals surface area contributed by atoms with Crippen LogP contribution in [-0.4, -0.2) is 44.1 Å². The summed E-state index contributed by atoms with van der Waals surface area (Å²) in [5.41, 5.74) is -0.0174. The summed E-state index contributed by atoms with van der Waals surface area (Å²) in [6.07, 6.45) is 2.42. The topological polar surface area (TPSA) is 69.6 Å². The summed E-state index contributed by atoms with van der Waals surface area (Å²) in [7, 11) is -3.36. The molecular formula is C12H26N2O3S. The van der Waals surface area contributed by atoms with E-state index in [2.05, 4.69) is 11.6 Å². The second-order valence-electron chi connectivity index (χ2n) is 5.87. The first-order valence-corrected chi connectivity index (χ1v) is 8.10. The normalized spacial score (nSPS) is 20.2. The van der Waals surface area contributed by atoms with E-state index in [1.54, 1.807) is 0 Å². The van der Waals surface area contributed by atoms with Gasteiger partial charge in [-0.1, -0.05) is 20.8 Å². The first kappa shape index (κ1) is 15.9. The van der Waals surface area contributed by atoms with Gasteiger partial charge in [-0.2, -0.15) is 12.7 Å². The van der Waals surface area contributed by atoms with Gasteiger partial charge in [0, 0.05) is 26.2 Å². The van der Waals surface area contributed by atoms with Gasteiger partial charge in [-0.3, -0.25) is 0 Å². The van der Waals surface area contributed by atoms with E-state index >= 15 is 0 Å². The molecule has 0 aromatic rings. The van der Waals surface area contributed by atoms with Crippen LogP contribution in [0, 0.1) is 11.3 Å². The third kappa shape index (κ3) is 4.50. The van der Waals surface area contributed by atoms with Crippen LogP contribution in [-0.2, 0) is 10.2 Å². The number of aliphatic hydroxyl groups excluding tert-OH is 1. The van der Waals surface area contributed by atoms with Crippen LogP contribution in [0.3, 0.4) is 0 Å². The summed E-state index contributed by atoms with van der Waals surface area (Å²) in [6.45, 7) is 7.79. The molecule has 0 spiro atoms. The van der Waals surface area contributed by atoms with E-state index in [4.69, 9.17) is 5.11 Å². The highest BCUT2D eigenvalue weighted by Gasteiger charge is 2.28. The summed E-state index contributed by atoms with van der Waals surface area (Å²) in [6, 6.07) is 0. The maximum absolute atomic E-state index is 12.1. The van der Waals surface area contributed by atoms with Crippen molar-refractivity contribution in [2.75, 3.05) is 26.2 Å². The standard InChI is InChI=1S/C12H26N2O3S/c1-4-12(2,3)10-13-18(16,17)14-7-5-11(9-15)6-8-14/h11,13,15H,4-10H2,1-3H3. The van der Waals surface area contributed by atoms with Gasteiger partial charge in [0.2, 0.25) is 0 Å². The Morgan fingerprint density at radius 3 is 2.33 bits per heavy atom. The molecule has 1 saturated heterocycles. The Morgan fingerprint density at radius 2 is 1.89 bits per heavy atom. The van der Waals surface area contributed by atoms with Crippen LogP contribution in [0.4, 0.5) is 0 Å². The molecule has 1 aliphatic heterocycles. The maximum Gasteiger partial charge on any atom is 0.279 e. The lowest BCUT2D eigenvalue weighted by Crippen LogP contribution is -2.47. The molecule has 6 heteroatoms. The Bertz CT molecular complexity index is 346. The van der Waals surface area contributed by atoms with E-state index in [9.17, 15) is 8.42 Å². The molecule has 5 nitrogen and oxygen atoms in total. The number of aliphatic hydroxyl groups is 1. The van der Waals surface area contributed by atoms with Crippen molar-refractivity contribution < 1.29 is 13.5 Å². The van der Waals surface area contributed by atoms with Crippen LogP contribution >= 0.6 is 0 Å². The molecule has 0 radical (unpaired) electrons. The monoisotopic (exact) mass is 278 g/mol. The molecule has 108 valence electrons. The van der Waals surface area contributed by atoms with Gasteiger partial charge in [0.15, 0.2) is 0 Å². The predicted molar refractivity (Wildman–Crippen MR) is 72.4 cm³/mol. The van der Waals surface area contributed by atoms with Crippen molar-refractivity contribution >= 4 is 10.2 Å². The second-order valence-corrected chi connectivity index (χ2v) is 7.62. The van der Waals surface area contributed by atoms with Crippen molar-refractivity contribution in [2.45, 2.75) is 40.0 Å². The minimum atomic E-state index is -3.36. The Labute approximate surface area is 111 Å². The molecule has 0 aromatic carbocycles. The van der Waals surface area contributed by atoms with Gasteiger partial charge in [-0.15, -0.1) is 0 Å². The maximum atomic E-state index is 12.1. The third-order valence-corrected chi connectivity index (χ3v) is 5.42.